The van der Waals surface area contributed by atoms with Crippen LogP contribution in [0.4, 0.5) is 17.3 Å². The van der Waals surface area contributed by atoms with Crippen LogP contribution in [-0.2, 0) is 0 Å². The van der Waals surface area contributed by atoms with Crippen LogP contribution in [0.5, 0.6) is 5.75 Å². The van der Waals surface area contributed by atoms with E-state index in [1.165, 1.54) is 0 Å². The van der Waals surface area contributed by atoms with Crippen molar-refractivity contribution in [2.75, 3.05) is 37.0 Å². The van der Waals surface area contributed by atoms with Crippen molar-refractivity contribution in [3.63, 3.8) is 0 Å². The topological polar surface area (TPSA) is 117 Å². The smallest absolute Gasteiger partial charge is 0.162 e. The number of ether oxygens (including phenoxy) is 1. The van der Waals surface area contributed by atoms with E-state index < -0.39 is 6.10 Å². The van der Waals surface area contributed by atoms with E-state index in [0.29, 0.717) is 48.2 Å². The predicted octanol–water partition coefficient (Wildman–Crippen LogP) is 3.02. The Kier molecular flexibility index (Phi) is 6.20. The molecule has 0 radical (unpaired) electrons. The summed E-state index contributed by atoms with van der Waals surface area (Å²) in [5.74, 6) is 2.23. The van der Waals surface area contributed by atoms with E-state index in [-0.39, 0.29) is 12.5 Å². The van der Waals surface area contributed by atoms with Crippen LogP contribution in [0.1, 0.15) is 6.42 Å². The zero-order chi connectivity index (χ0) is 23.5. The number of pyridine rings is 2. The summed E-state index contributed by atoms with van der Waals surface area (Å²) in [6.07, 6.45) is 5.06. The van der Waals surface area contributed by atoms with Gasteiger partial charge in [-0.15, -0.1) is 0 Å². The quantitative estimate of drug-likeness (QED) is 0.401. The number of methoxy groups -OCH3 is 1. The number of aliphatic hydroxyl groups is 2. The van der Waals surface area contributed by atoms with Crippen molar-refractivity contribution in [3.05, 3.63) is 61.1 Å². The second-order valence-corrected chi connectivity index (χ2v) is 8.27. The average molecular weight is 459 g/mol. The lowest BCUT2D eigenvalue weighted by atomic mass is 9.95. The molecule has 2 unspecified atom stereocenters. The van der Waals surface area contributed by atoms with Crippen LogP contribution in [0.25, 0.3) is 22.3 Å². The number of hydrogen-bond donors (Lipinski definition) is 3. The Morgan fingerprint density at radius 2 is 2.00 bits per heavy atom. The molecule has 1 aliphatic heterocycles. The highest BCUT2D eigenvalue weighted by atomic mass is 16.5. The van der Waals surface area contributed by atoms with Crippen molar-refractivity contribution in [1.29, 1.82) is 0 Å². The number of fused-ring (bicyclic) bond motifs is 1. The maximum atomic E-state index is 10.3. The van der Waals surface area contributed by atoms with Gasteiger partial charge in [0.15, 0.2) is 5.82 Å². The molecule has 2 atom stereocenters. The summed E-state index contributed by atoms with van der Waals surface area (Å²) in [7, 11) is 1.59. The Bertz CT molecular complexity index is 1290. The first-order valence-corrected chi connectivity index (χ1v) is 11.2. The summed E-state index contributed by atoms with van der Waals surface area (Å²) in [5, 5.41) is 24.1. The van der Waals surface area contributed by atoms with E-state index in [2.05, 4.69) is 20.2 Å². The van der Waals surface area contributed by atoms with E-state index >= 15 is 0 Å². The molecule has 0 bridgehead atoms. The van der Waals surface area contributed by atoms with Crippen LogP contribution in [-0.4, -0.2) is 63.1 Å². The molecule has 34 heavy (non-hydrogen) atoms. The molecular formula is C25H26N6O3. The van der Waals surface area contributed by atoms with Gasteiger partial charge in [-0.2, -0.15) is 0 Å². The molecule has 0 spiro atoms. The fourth-order valence-electron chi connectivity index (χ4n) is 4.25. The number of hydrogen-bond acceptors (Lipinski definition) is 9. The van der Waals surface area contributed by atoms with Crippen LogP contribution in [0.15, 0.2) is 61.1 Å². The minimum atomic E-state index is -0.538. The third-order valence-electron chi connectivity index (χ3n) is 6.07. The second-order valence-electron chi connectivity index (χ2n) is 8.27. The van der Waals surface area contributed by atoms with Crippen LogP contribution in [0.2, 0.25) is 0 Å². The molecule has 1 fully saturated rings. The normalized spacial score (nSPS) is 18.1. The number of para-hydroxylation sites is 1. The van der Waals surface area contributed by atoms with Gasteiger partial charge in [-0.25, -0.2) is 15.0 Å². The van der Waals surface area contributed by atoms with Gasteiger partial charge in [-0.05, 0) is 30.7 Å². The van der Waals surface area contributed by atoms with Gasteiger partial charge in [0.1, 0.15) is 17.4 Å². The molecule has 9 nitrogen and oxygen atoms in total. The van der Waals surface area contributed by atoms with Crippen molar-refractivity contribution in [2.45, 2.75) is 12.5 Å². The summed E-state index contributed by atoms with van der Waals surface area (Å²) in [5.41, 5.74) is 2.39. The molecular weight excluding hydrogens is 432 g/mol. The van der Waals surface area contributed by atoms with Crippen LogP contribution >= 0.6 is 0 Å². The molecule has 3 aromatic heterocycles. The first kappa shape index (κ1) is 22.0. The SMILES string of the molecule is COc1cncc2nc(-c3ccnc(Nc4ccccc4)c3)nc(N3CCC(O)C(CO)C3)c12. The fourth-order valence-corrected chi connectivity index (χ4v) is 4.25. The van der Waals surface area contributed by atoms with Gasteiger partial charge in [0.25, 0.3) is 0 Å². The molecule has 1 aromatic carbocycles. The zero-order valence-corrected chi connectivity index (χ0v) is 18.8. The maximum absolute atomic E-state index is 10.3. The Hall–Kier alpha value is -3.82. The summed E-state index contributed by atoms with van der Waals surface area (Å²) in [6, 6.07) is 13.6. The number of aromatic nitrogens is 4. The summed E-state index contributed by atoms with van der Waals surface area (Å²) in [4.78, 5) is 20.5. The lowest BCUT2D eigenvalue weighted by molar-refractivity contribution is 0.0524. The van der Waals surface area contributed by atoms with Crippen molar-refractivity contribution in [2.24, 2.45) is 5.92 Å². The highest BCUT2D eigenvalue weighted by Crippen LogP contribution is 2.35. The van der Waals surface area contributed by atoms with Crippen LogP contribution in [0.3, 0.4) is 0 Å². The van der Waals surface area contributed by atoms with E-state index in [1.807, 2.05) is 42.5 Å². The van der Waals surface area contributed by atoms with Gasteiger partial charge < -0.3 is 25.2 Å². The lowest BCUT2D eigenvalue weighted by Gasteiger charge is -2.36. The van der Waals surface area contributed by atoms with Gasteiger partial charge in [-0.3, -0.25) is 4.98 Å². The van der Waals surface area contributed by atoms with E-state index in [0.717, 1.165) is 16.6 Å². The molecule has 4 heterocycles. The number of piperidine rings is 1. The van der Waals surface area contributed by atoms with Crippen molar-refractivity contribution >= 4 is 28.2 Å². The lowest BCUT2D eigenvalue weighted by Crippen LogP contribution is -2.45. The second kappa shape index (κ2) is 9.58. The van der Waals surface area contributed by atoms with Crippen LogP contribution < -0.4 is 15.0 Å². The minimum absolute atomic E-state index is 0.0922. The number of rotatable bonds is 6. The molecule has 5 rings (SSSR count). The average Bonchev–Trinajstić information content (AvgIpc) is 2.88. The molecule has 0 saturated carbocycles. The van der Waals surface area contributed by atoms with E-state index in [1.54, 1.807) is 25.7 Å². The molecule has 4 aromatic rings. The Balaban J connectivity index is 1.59. The van der Waals surface area contributed by atoms with E-state index in [4.69, 9.17) is 14.7 Å². The summed E-state index contributed by atoms with van der Waals surface area (Å²) < 4.78 is 5.58. The molecule has 1 aliphatic rings. The van der Waals surface area contributed by atoms with Gasteiger partial charge in [-0.1, -0.05) is 18.2 Å². The summed E-state index contributed by atoms with van der Waals surface area (Å²) in [6.45, 7) is 0.989. The zero-order valence-electron chi connectivity index (χ0n) is 18.8. The molecule has 1 saturated heterocycles. The van der Waals surface area contributed by atoms with Gasteiger partial charge in [0, 0.05) is 36.5 Å². The minimum Gasteiger partial charge on any atom is -0.494 e. The molecule has 3 N–H and O–H groups in total. The van der Waals surface area contributed by atoms with Crippen molar-refractivity contribution in [3.8, 4) is 17.1 Å². The van der Waals surface area contributed by atoms with Crippen molar-refractivity contribution in [1.82, 2.24) is 19.9 Å². The molecule has 9 heteroatoms. The third-order valence-corrected chi connectivity index (χ3v) is 6.07. The van der Waals surface area contributed by atoms with E-state index in [9.17, 15) is 10.2 Å². The third kappa shape index (κ3) is 4.35. The van der Waals surface area contributed by atoms with Gasteiger partial charge in [0.05, 0.1) is 43.1 Å². The monoisotopic (exact) mass is 458 g/mol. The predicted molar refractivity (Wildman–Crippen MR) is 130 cm³/mol. The largest absolute Gasteiger partial charge is 0.494 e. The van der Waals surface area contributed by atoms with Crippen LogP contribution in [0, 0.1) is 5.92 Å². The first-order chi connectivity index (χ1) is 16.7. The first-order valence-electron chi connectivity index (χ1n) is 11.2. The highest BCUT2D eigenvalue weighted by Gasteiger charge is 2.30. The highest BCUT2D eigenvalue weighted by molar-refractivity contribution is 5.95. The maximum Gasteiger partial charge on any atom is 0.162 e. The van der Waals surface area contributed by atoms with Gasteiger partial charge >= 0.3 is 0 Å². The fraction of sp³-hybridized carbons (Fsp3) is 0.280. The Morgan fingerprint density at radius 1 is 1.15 bits per heavy atom. The van der Waals surface area contributed by atoms with Gasteiger partial charge in [0.2, 0.25) is 0 Å². The molecule has 174 valence electrons. The molecule has 0 aliphatic carbocycles. The number of anilines is 3. The number of aliphatic hydroxyl groups excluding tert-OH is 2. The Morgan fingerprint density at radius 3 is 2.79 bits per heavy atom. The van der Waals surface area contributed by atoms with Crippen molar-refractivity contribution < 1.29 is 14.9 Å². The number of nitrogens with zero attached hydrogens (tertiary/aromatic N) is 5. The standard InChI is InChI=1S/C25H26N6O3/c1-34-21-13-26-12-19-23(21)25(31-10-8-20(33)17(14-31)15-32)30-24(29-19)16-7-9-27-22(11-16)28-18-5-3-2-4-6-18/h2-7,9,11-13,17,20,32-33H,8,10,14-15H2,1H3,(H,27,28). The Labute approximate surface area is 197 Å². The number of benzene rings is 1. The molecule has 0 amide bonds. The number of nitrogens with one attached hydrogen (secondary N) is 1. The summed E-state index contributed by atoms with van der Waals surface area (Å²) >= 11 is 0.